The third-order valence-corrected chi connectivity index (χ3v) is 2.87. The van der Waals surface area contributed by atoms with Crippen LogP contribution in [0.2, 0.25) is 0 Å². The van der Waals surface area contributed by atoms with Gasteiger partial charge in [0.05, 0.1) is 0 Å². The van der Waals surface area contributed by atoms with E-state index in [9.17, 15) is 0 Å². The zero-order valence-corrected chi connectivity index (χ0v) is 8.48. The maximum absolute atomic E-state index is 5.73. The van der Waals surface area contributed by atoms with Gasteiger partial charge in [-0.15, -0.1) is 0 Å². The molecular formula is C11H17N3. The Kier molecular flexibility index (Phi) is 2.79. The van der Waals surface area contributed by atoms with Crippen LogP contribution in [0.3, 0.4) is 0 Å². The Morgan fingerprint density at radius 2 is 2.07 bits per heavy atom. The summed E-state index contributed by atoms with van der Waals surface area (Å²) in [5.41, 5.74) is 7.03. The zero-order valence-electron chi connectivity index (χ0n) is 8.48. The lowest BCUT2D eigenvalue weighted by Gasteiger charge is -2.35. The fourth-order valence-corrected chi connectivity index (χ4v) is 1.90. The quantitative estimate of drug-likeness (QED) is 0.755. The molecule has 1 aromatic heterocycles. The van der Waals surface area contributed by atoms with Crippen LogP contribution in [0, 0.1) is 0 Å². The van der Waals surface area contributed by atoms with Gasteiger partial charge in [0, 0.05) is 30.5 Å². The smallest absolute Gasteiger partial charge is 0.0295 e. The molecule has 1 heterocycles. The highest BCUT2D eigenvalue weighted by Crippen LogP contribution is 2.21. The molecule has 1 aromatic rings. The summed E-state index contributed by atoms with van der Waals surface area (Å²) in [6.45, 7) is 2.18. The zero-order chi connectivity index (χ0) is 9.97. The molecule has 1 saturated carbocycles. The summed E-state index contributed by atoms with van der Waals surface area (Å²) in [5.74, 6) is 0. The topological polar surface area (TPSA) is 50.9 Å². The normalized spacial score (nSPS) is 28.1. The third kappa shape index (κ3) is 2.11. The van der Waals surface area contributed by atoms with E-state index >= 15 is 0 Å². The Labute approximate surface area is 84.7 Å². The Hall–Kier alpha value is -0.930. The minimum atomic E-state index is 0.399. The molecule has 0 radical (unpaired) electrons. The fourth-order valence-electron chi connectivity index (χ4n) is 1.90. The van der Waals surface area contributed by atoms with Gasteiger partial charge in [-0.3, -0.25) is 4.98 Å². The second kappa shape index (κ2) is 4.07. The summed E-state index contributed by atoms with van der Waals surface area (Å²) in [6, 6.07) is 5.52. The van der Waals surface area contributed by atoms with Crippen LogP contribution in [-0.4, -0.2) is 17.1 Å². The summed E-state index contributed by atoms with van der Waals surface area (Å²) in [5, 5.41) is 3.56. The van der Waals surface area contributed by atoms with Crippen molar-refractivity contribution in [2.45, 2.75) is 37.9 Å². The number of aromatic nitrogens is 1. The second-order valence-corrected chi connectivity index (χ2v) is 4.10. The molecule has 1 atom stereocenters. The molecule has 0 unspecified atom stereocenters. The highest BCUT2D eigenvalue weighted by molar-refractivity contribution is 5.14. The van der Waals surface area contributed by atoms with Gasteiger partial charge in [-0.05, 0) is 37.5 Å². The number of hydrogen-bond acceptors (Lipinski definition) is 3. The van der Waals surface area contributed by atoms with Crippen LogP contribution < -0.4 is 11.1 Å². The van der Waals surface area contributed by atoms with Gasteiger partial charge in [-0.25, -0.2) is 0 Å². The van der Waals surface area contributed by atoms with Crippen LogP contribution >= 0.6 is 0 Å². The Morgan fingerprint density at radius 3 is 2.64 bits per heavy atom. The number of nitrogens with two attached hydrogens (primary N) is 1. The van der Waals surface area contributed by atoms with Gasteiger partial charge in [0.25, 0.3) is 0 Å². The highest BCUT2D eigenvalue weighted by atomic mass is 15.0. The lowest BCUT2D eigenvalue weighted by atomic mass is 9.87. The summed E-state index contributed by atoms with van der Waals surface area (Å²) < 4.78 is 0. The molecule has 0 aromatic carbocycles. The molecule has 0 aliphatic heterocycles. The van der Waals surface area contributed by atoms with Gasteiger partial charge in [0.15, 0.2) is 0 Å². The molecule has 14 heavy (non-hydrogen) atoms. The molecule has 1 fully saturated rings. The van der Waals surface area contributed by atoms with Crippen molar-refractivity contribution < 1.29 is 0 Å². The van der Waals surface area contributed by atoms with Crippen LogP contribution in [-0.2, 0) is 0 Å². The Bertz CT molecular complexity index is 280. The lowest BCUT2D eigenvalue weighted by molar-refractivity contribution is 0.272. The second-order valence-electron chi connectivity index (χ2n) is 4.10. The minimum Gasteiger partial charge on any atom is -0.328 e. The monoisotopic (exact) mass is 191 g/mol. The van der Waals surface area contributed by atoms with Crippen molar-refractivity contribution in [3.8, 4) is 0 Å². The molecule has 0 spiro atoms. The molecule has 3 heteroatoms. The maximum atomic E-state index is 5.73. The van der Waals surface area contributed by atoms with Crippen molar-refractivity contribution in [1.82, 2.24) is 10.3 Å². The fraction of sp³-hybridized carbons (Fsp3) is 0.545. The molecule has 1 aliphatic carbocycles. The SMILES string of the molecule is C[C@H](NC1CC(N)C1)c1ccncc1. The predicted molar refractivity (Wildman–Crippen MR) is 56.8 cm³/mol. The van der Waals surface area contributed by atoms with Crippen molar-refractivity contribution in [3.05, 3.63) is 30.1 Å². The van der Waals surface area contributed by atoms with Gasteiger partial charge in [0.1, 0.15) is 0 Å². The molecule has 1 aliphatic rings. The summed E-state index contributed by atoms with van der Waals surface area (Å²) in [6.07, 6.45) is 5.88. The molecule has 0 amide bonds. The van der Waals surface area contributed by atoms with Crippen LogP contribution in [0.5, 0.6) is 0 Å². The molecule has 76 valence electrons. The maximum Gasteiger partial charge on any atom is 0.0295 e. The van der Waals surface area contributed by atoms with Gasteiger partial charge in [0.2, 0.25) is 0 Å². The number of rotatable bonds is 3. The van der Waals surface area contributed by atoms with E-state index in [0.717, 1.165) is 12.8 Å². The van der Waals surface area contributed by atoms with E-state index < -0.39 is 0 Å². The lowest BCUT2D eigenvalue weighted by Crippen LogP contribution is -2.49. The van der Waals surface area contributed by atoms with Crippen molar-refractivity contribution >= 4 is 0 Å². The number of hydrogen-bond donors (Lipinski definition) is 2. The molecule has 3 N–H and O–H groups in total. The first kappa shape index (κ1) is 9.62. The predicted octanol–water partition coefficient (Wildman–Crippen LogP) is 1.22. The van der Waals surface area contributed by atoms with E-state index in [1.165, 1.54) is 5.56 Å². The van der Waals surface area contributed by atoms with Gasteiger partial charge >= 0.3 is 0 Å². The minimum absolute atomic E-state index is 0.399. The van der Waals surface area contributed by atoms with Crippen molar-refractivity contribution in [2.75, 3.05) is 0 Å². The first-order valence-electron chi connectivity index (χ1n) is 5.17. The standard InChI is InChI=1S/C11H17N3/c1-8(9-2-4-13-5-3-9)14-11-6-10(12)7-11/h2-5,8,10-11,14H,6-7,12H2,1H3/t8-,10?,11?/m0/s1. The third-order valence-electron chi connectivity index (χ3n) is 2.87. The summed E-state index contributed by atoms with van der Waals surface area (Å²) in [7, 11) is 0. The number of nitrogens with zero attached hydrogens (tertiary/aromatic N) is 1. The first-order valence-corrected chi connectivity index (χ1v) is 5.17. The largest absolute Gasteiger partial charge is 0.328 e. The van der Waals surface area contributed by atoms with E-state index in [0.29, 0.717) is 18.1 Å². The van der Waals surface area contributed by atoms with E-state index in [1.54, 1.807) is 0 Å². The van der Waals surface area contributed by atoms with E-state index in [2.05, 4.69) is 29.4 Å². The van der Waals surface area contributed by atoms with E-state index in [-0.39, 0.29) is 0 Å². The van der Waals surface area contributed by atoms with Gasteiger partial charge in [-0.1, -0.05) is 0 Å². The van der Waals surface area contributed by atoms with Crippen molar-refractivity contribution in [3.63, 3.8) is 0 Å². The molecule has 3 nitrogen and oxygen atoms in total. The first-order chi connectivity index (χ1) is 6.75. The summed E-state index contributed by atoms with van der Waals surface area (Å²) in [4.78, 5) is 4.01. The van der Waals surface area contributed by atoms with Crippen molar-refractivity contribution in [1.29, 1.82) is 0 Å². The van der Waals surface area contributed by atoms with Crippen LogP contribution in [0.15, 0.2) is 24.5 Å². The molecule has 0 saturated heterocycles. The van der Waals surface area contributed by atoms with Crippen LogP contribution in [0.25, 0.3) is 0 Å². The average molecular weight is 191 g/mol. The molecule has 0 bridgehead atoms. The number of nitrogens with one attached hydrogen (secondary N) is 1. The van der Waals surface area contributed by atoms with Gasteiger partial charge < -0.3 is 11.1 Å². The van der Waals surface area contributed by atoms with E-state index in [4.69, 9.17) is 5.73 Å². The Balaban J connectivity index is 1.87. The van der Waals surface area contributed by atoms with E-state index in [1.807, 2.05) is 12.4 Å². The number of pyridine rings is 1. The van der Waals surface area contributed by atoms with Crippen molar-refractivity contribution in [2.24, 2.45) is 5.73 Å². The van der Waals surface area contributed by atoms with Gasteiger partial charge in [-0.2, -0.15) is 0 Å². The van der Waals surface area contributed by atoms with Crippen LogP contribution in [0.1, 0.15) is 31.4 Å². The summed E-state index contributed by atoms with van der Waals surface area (Å²) >= 11 is 0. The highest BCUT2D eigenvalue weighted by Gasteiger charge is 2.26. The average Bonchev–Trinajstić information content (AvgIpc) is 2.17. The Morgan fingerprint density at radius 1 is 1.43 bits per heavy atom. The molecular weight excluding hydrogens is 174 g/mol. The molecule has 2 rings (SSSR count). The van der Waals surface area contributed by atoms with Crippen LogP contribution in [0.4, 0.5) is 0 Å².